The second kappa shape index (κ2) is 7.82. The van der Waals surface area contributed by atoms with Crippen LogP contribution in [0.25, 0.3) is 0 Å². The maximum atomic E-state index is 12.5. The molecule has 1 saturated heterocycles. The molecule has 1 amide bonds. The minimum atomic E-state index is -0.337. The van der Waals surface area contributed by atoms with Gasteiger partial charge in [0.05, 0.1) is 0 Å². The number of anilines is 1. The lowest BCUT2D eigenvalue weighted by Crippen LogP contribution is -2.44. The van der Waals surface area contributed by atoms with Crippen LogP contribution < -0.4 is 21.5 Å². The van der Waals surface area contributed by atoms with Crippen LogP contribution >= 0.6 is 0 Å². The number of hydrogen-bond acceptors (Lipinski definition) is 4. The predicted octanol–water partition coefficient (Wildman–Crippen LogP) is 0.925. The minimum absolute atomic E-state index is 0.0466. The fourth-order valence-corrected chi connectivity index (χ4v) is 3.55. The number of hydrogen-bond donors (Lipinski definition) is 1. The molecule has 1 fully saturated rings. The number of aryl methyl sites for hydroxylation is 1. The van der Waals surface area contributed by atoms with Gasteiger partial charge in [-0.3, -0.25) is 18.7 Å². The van der Waals surface area contributed by atoms with Gasteiger partial charge in [0.15, 0.2) is 0 Å². The summed E-state index contributed by atoms with van der Waals surface area (Å²) in [5, 5.41) is 3.02. The third-order valence-corrected chi connectivity index (χ3v) is 5.24. The fourth-order valence-electron chi connectivity index (χ4n) is 3.55. The summed E-state index contributed by atoms with van der Waals surface area (Å²) in [5.41, 5.74) is 1.62. The highest BCUT2D eigenvalue weighted by atomic mass is 16.2. The molecule has 0 aliphatic carbocycles. The Morgan fingerprint density at radius 1 is 1.11 bits per heavy atom. The zero-order chi connectivity index (χ0) is 19.6. The molecule has 1 aromatic heterocycles. The van der Waals surface area contributed by atoms with E-state index < -0.39 is 0 Å². The van der Waals surface area contributed by atoms with Gasteiger partial charge in [-0.15, -0.1) is 0 Å². The molecule has 1 N–H and O–H groups in total. The minimum Gasteiger partial charge on any atom is -0.358 e. The molecular weight excluding hydrogens is 344 g/mol. The van der Waals surface area contributed by atoms with Crippen LogP contribution in [0.2, 0.25) is 0 Å². The Labute approximate surface area is 158 Å². The summed E-state index contributed by atoms with van der Waals surface area (Å²) < 4.78 is 2.58. The average molecular weight is 370 g/mol. The molecule has 1 aliphatic rings. The van der Waals surface area contributed by atoms with Crippen LogP contribution in [-0.4, -0.2) is 28.1 Å². The van der Waals surface area contributed by atoms with E-state index in [9.17, 15) is 14.4 Å². The molecule has 0 spiro atoms. The van der Waals surface area contributed by atoms with Crippen LogP contribution in [0.4, 0.5) is 5.82 Å². The topological polar surface area (TPSA) is 76.3 Å². The van der Waals surface area contributed by atoms with E-state index in [0.29, 0.717) is 38.3 Å². The Kier molecular flexibility index (Phi) is 5.48. The molecule has 7 nitrogen and oxygen atoms in total. The lowest BCUT2D eigenvalue weighted by Gasteiger charge is -2.33. The van der Waals surface area contributed by atoms with E-state index in [1.807, 2.05) is 30.0 Å². The quantitative estimate of drug-likeness (QED) is 0.869. The van der Waals surface area contributed by atoms with Gasteiger partial charge in [-0.1, -0.05) is 29.8 Å². The van der Waals surface area contributed by atoms with Gasteiger partial charge in [0.25, 0.3) is 5.56 Å². The highest BCUT2D eigenvalue weighted by molar-refractivity contribution is 5.79. The molecule has 7 heteroatoms. The summed E-state index contributed by atoms with van der Waals surface area (Å²) in [6, 6.07) is 9.58. The largest absolute Gasteiger partial charge is 0.358 e. The van der Waals surface area contributed by atoms with Crippen LogP contribution in [0, 0.1) is 12.8 Å². The van der Waals surface area contributed by atoms with Gasteiger partial charge in [0, 0.05) is 45.7 Å². The number of rotatable bonds is 4. The van der Waals surface area contributed by atoms with Crippen molar-refractivity contribution in [2.45, 2.75) is 26.3 Å². The van der Waals surface area contributed by atoms with Crippen LogP contribution in [0.5, 0.6) is 0 Å². The van der Waals surface area contributed by atoms with Gasteiger partial charge in [-0.25, -0.2) is 4.79 Å². The first-order chi connectivity index (χ1) is 12.9. The van der Waals surface area contributed by atoms with Crippen molar-refractivity contribution in [2.24, 2.45) is 20.0 Å². The van der Waals surface area contributed by atoms with E-state index in [1.54, 1.807) is 7.05 Å². The Bertz CT molecular complexity index is 952. The molecule has 0 radical (unpaired) electrons. The van der Waals surface area contributed by atoms with Gasteiger partial charge >= 0.3 is 5.69 Å². The molecule has 144 valence electrons. The Morgan fingerprint density at radius 2 is 1.81 bits per heavy atom. The van der Waals surface area contributed by atoms with Crippen molar-refractivity contribution in [3.8, 4) is 0 Å². The molecule has 0 saturated carbocycles. The van der Waals surface area contributed by atoms with Crippen LogP contribution in [0.3, 0.4) is 0 Å². The summed E-state index contributed by atoms with van der Waals surface area (Å²) in [7, 11) is 3.14. The summed E-state index contributed by atoms with van der Waals surface area (Å²) in [6.45, 7) is 3.85. The fraction of sp³-hybridized carbons (Fsp3) is 0.450. The van der Waals surface area contributed by atoms with E-state index in [0.717, 1.165) is 10.1 Å². The molecule has 2 heterocycles. The Hall–Kier alpha value is -2.83. The molecule has 0 bridgehead atoms. The summed E-state index contributed by atoms with van der Waals surface area (Å²) >= 11 is 0. The van der Waals surface area contributed by atoms with Crippen molar-refractivity contribution in [1.82, 2.24) is 14.5 Å². The lowest BCUT2D eigenvalue weighted by atomic mass is 9.95. The smallest absolute Gasteiger partial charge is 0.332 e. The predicted molar refractivity (Wildman–Crippen MR) is 105 cm³/mol. The molecule has 3 rings (SSSR count). The zero-order valence-electron chi connectivity index (χ0n) is 16.1. The highest BCUT2D eigenvalue weighted by Gasteiger charge is 2.26. The number of benzene rings is 1. The second-order valence-corrected chi connectivity index (χ2v) is 7.21. The second-order valence-electron chi connectivity index (χ2n) is 7.21. The molecular formula is C20H26N4O3. The van der Waals surface area contributed by atoms with Gasteiger partial charge < -0.3 is 10.2 Å². The van der Waals surface area contributed by atoms with Gasteiger partial charge in [0.1, 0.15) is 5.82 Å². The van der Waals surface area contributed by atoms with E-state index in [1.165, 1.54) is 23.2 Å². The van der Waals surface area contributed by atoms with Crippen molar-refractivity contribution in [2.75, 3.05) is 18.0 Å². The van der Waals surface area contributed by atoms with Crippen LogP contribution in [-0.2, 0) is 25.4 Å². The highest BCUT2D eigenvalue weighted by Crippen LogP contribution is 2.21. The third kappa shape index (κ3) is 4.13. The number of nitrogens with zero attached hydrogens (tertiary/aromatic N) is 3. The zero-order valence-corrected chi connectivity index (χ0v) is 16.1. The molecule has 0 unspecified atom stereocenters. The average Bonchev–Trinajstić information content (AvgIpc) is 2.67. The molecule has 0 atom stereocenters. The molecule has 27 heavy (non-hydrogen) atoms. The molecule has 1 aliphatic heterocycles. The summed E-state index contributed by atoms with van der Waals surface area (Å²) in [6.07, 6.45) is 1.39. The normalized spacial score (nSPS) is 15.0. The SMILES string of the molecule is Cc1cccc(CNC(=O)C2CCN(c3cc(=O)n(C)c(=O)n3C)CC2)c1. The van der Waals surface area contributed by atoms with Crippen molar-refractivity contribution >= 4 is 11.7 Å². The molecule has 2 aromatic rings. The van der Waals surface area contributed by atoms with Crippen molar-refractivity contribution in [3.05, 3.63) is 62.3 Å². The number of aromatic nitrogens is 2. The Morgan fingerprint density at radius 3 is 2.48 bits per heavy atom. The first-order valence-electron chi connectivity index (χ1n) is 9.22. The monoisotopic (exact) mass is 370 g/mol. The van der Waals surface area contributed by atoms with Gasteiger partial charge in [-0.05, 0) is 25.3 Å². The summed E-state index contributed by atoms with van der Waals surface area (Å²) in [4.78, 5) is 38.5. The number of carbonyl (C=O) groups is 1. The lowest BCUT2D eigenvalue weighted by molar-refractivity contribution is -0.125. The maximum Gasteiger partial charge on any atom is 0.332 e. The van der Waals surface area contributed by atoms with E-state index in [-0.39, 0.29) is 23.1 Å². The molecule has 1 aromatic carbocycles. The number of amides is 1. The first-order valence-corrected chi connectivity index (χ1v) is 9.22. The van der Waals surface area contributed by atoms with E-state index >= 15 is 0 Å². The van der Waals surface area contributed by atoms with E-state index in [4.69, 9.17) is 0 Å². The standard InChI is InChI=1S/C20H26N4O3/c1-14-5-4-6-15(11-14)13-21-19(26)16-7-9-24(10-8-16)17-12-18(25)23(3)20(27)22(17)2/h4-6,11-12,16H,7-10,13H2,1-3H3,(H,21,26). The van der Waals surface area contributed by atoms with Crippen molar-refractivity contribution in [1.29, 1.82) is 0 Å². The number of piperidine rings is 1. The Balaban J connectivity index is 1.60. The third-order valence-electron chi connectivity index (χ3n) is 5.24. The van der Waals surface area contributed by atoms with Gasteiger partial charge in [-0.2, -0.15) is 0 Å². The van der Waals surface area contributed by atoms with Crippen LogP contribution in [0.1, 0.15) is 24.0 Å². The summed E-state index contributed by atoms with van der Waals surface area (Å²) in [5.74, 6) is 0.630. The van der Waals surface area contributed by atoms with Crippen molar-refractivity contribution in [3.63, 3.8) is 0 Å². The van der Waals surface area contributed by atoms with Crippen molar-refractivity contribution < 1.29 is 4.79 Å². The van der Waals surface area contributed by atoms with Crippen LogP contribution in [0.15, 0.2) is 39.9 Å². The maximum absolute atomic E-state index is 12.5. The number of carbonyl (C=O) groups excluding carboxylic acids is 1. The van der Waals surface area contributed by atoms with E-state index in [2.05, 4.69) is 11.4 Å². The van der Waals surface area contributed by atoms with Gasteiger partial charge in [0.2, 0.25) is 5.91 Å². The first kappa shape index (κ1) is 18.9. The number of nitrogens with one attached hydrogen (secondary N) is 1.